The van der Waals surface area contributed by atoms with Crippen molar-refractivity contribution in [2.24, 2.45) is 11.8 Å². The Morgan fingerprint density at radius 3 is 2.55 bits per heavy atom. The lowest BCUT2D eigenvalue weighted by Crippen LogP contribution is -2.46. The summed E-state index contributed by atoms with van der Waals surface area (Å²) in [5, 5.41) is 2.54. The Kier molecular flexibility index (Phi) is 12.2. The summed E-state index contributed by atoms with van der Waals surface area (Å²) in [5.74, 6) is -3.18. The van der Waals surface area contributed by atoms with E-state index in [0.29, 0.717) is 6.42 Å². The van der Waals surface area contributed by atoms with Crippen LogP contribution in [-0.4, -0.2) is 79.8 Å². The maximum atomic E-state index is 13.4. The summed E-state index contributed by atoms with van der Waals surface area (Å²) in [5.41, 5.74) is 0.664. The number of aromatic nitrogens is 1. The van der Waals surface area contributed by atoms with Crippen LogP contribution >= 0.6 is 11.8 Å². The third kappa shape index (κ3) is 8.63. The van der Waals surface area contributed by atoms with Crippen molar-refractivity contribution in [3.63, 3.8) is 0 Å². The molecule has 1 aliphatic carbocycles. The van der Waals surface area contributed by atoms with Crippen LogP contribution in [0.5, 0.6) is 11.5 Å². The van der Waals surface area contributed by atoms with Crippen molar-refractivity contribution >= 4 is 35.6 Å². The summed E-state index contributed by atoms with van der Waals surface area (Å²) in [6, 6.07) is 9.51. The van der Waals surface area contributed by atoms with E-state index in [2.05, 4.69) is 10.3 Å². The number of amides is 1. The third-order valence-electron chi connectivity index (χ3n) is 7.52. The van der Waals surface area contributed by atoms with Crippen molar-refractivity contribution in [2.75, 3.05) is 32.7 Å². The standard InChI is InChI=1S/C31H38N2O10S/c1-19-26(42-18-44-3)22(15-20-9-5-4-6-10-20)30(36)39-16-23(31(37)43-19)33-28(34)25-27(24(38-2)13-14-32-25)40-17-41-29(35)21-11-7-8-12-21/h4-6,9-10,13-14,19,21-23,26H,7-8,11-12,15-18H2,1-3H3,(H,33,34)/t19-,22?,23-,26-/m0/s1. The van der Waals surface area contributed by atoms with Crippen molar-refractivity contribution in [2.45, 2.75) is 57.3 Å². The molecule has 4 atom stereocenters. The molecule has 13 heteroatoms. The van der Waals surface area contributed by atoms with E-state index < -0.39 is 55.4 Å². The van der Waals surface area contributed by atoms with E-state index in [1.54, 1.807) is 6.92 Å². The SMILES string of the molecule is COc1ccnc(C(=O)N[C@H]2COC(=O)C(Cc3ccccc3)[C@@H](OCSC)[C@H](C)OC2=O)c1OCOC(=O)C1CCCC1. The minimum Gasteiger partial charge on any atom is -0.493 e. The van der Waals surface area contributed by atoms with Crippen LogP contribution < -0.4 is 14.8 Å². The number of carbonyl (C=O) groups is 4. The highest BCUT2D eigenvalue weighted by atomic mass is 32.2. The molecule has 238 valence electrons. The zero-order valence-electron chi connectivity index (χ0n) is 25.0. The van der Waals surface area contributed by atoms with Crippen LogP contribution in [0.3, 0.4) is 0 Å². The lowest BCUT2D eigenvalue weighted by atomic mass is 9.91. The van der Waals surface area contributed by atoms with Gasteiger partial charge in [-0.15, -0.1) is 11.8 Å². The summed E-state index contributed by atoms with van der Waals surface area (Å²) in [7, 11) is 1.38. The van der Waals surface area contributed by atoms with Gasteiger partial charge in [-0.25, -0.2) is 9.78 Å². The Hall–Kier alpha value is -3.84. The highest BCUT2D eigenvalue weighted by Crippen LogP contribution is 2.31. The van der Waals surface area contributed by atoms with Gasteiger partial charge in [-0.2, -0.15) is 0 Å². The van der Waals surface area contributed by atoms with Gasteiger partial charge in [0.1, 0.15) is 18.8 Å². The number of carbonyl (C=O) groups excluding carboxylic acids is 4. The fourth-order valence-electron chi connectivity index (χ4n) is 5.25. The molecule has 2 aromatic rings. The second-order valence-electron chi connectivity index (χ2n) is 10.5. The zero-order chi connectivity index (χ0) is 31.5. The van der Waals surface area contributed by atoms with Crippen molar-refractivity contribution in [3.05, 3.63) is 53.9 Å². The number of esters is 3. The van der Waals surface area contributed by atoms with E-state index in [1.165, 1.54) is 31.1 Å². The Bertz CT molecular complexity index is 1290. The summed E-state index contributed by atoms with van der Waals surface area (Å²) < 4.78 is 33.5. The Balaban J connectivity index is 1.49. The molecule has 12 nitrogen and oxygen atoms in total. The smallest absolute Gasteiger partial charge is 0.332 e. The molecule has 1 aliphatic heterocycles. The highest BCUT2D eigenvalue weighted by Gasteiger charge is 2.40. The number of thioether (sulfide) groups is 1. The molecule has 1 amide bonds. The van der Waals surface area contributed by atoms with Crippen LogP contribution in [-0.2, 0) is 39.8 Å². The number of nitrogens with one attached hydrogen (secondary N) is 1. The van der Waals surface area contributed by atoms with Gasteiger partial charge >= 0.3 is 17.9 Å². The van der Waals surface area contributed by atoms with E-state index >= 15 is 0 Å². The maximum absolute atomic E-state index is 13.4. The molecule has 44 heavy (non-hydrogen) atoms. The number of hydrogen-bond acceptors (Lipinski definition) is 12. The van der Waals surface area contributed by atoms with E-state index in [9.17, 15) is 19.2 Å². The van der Waals surface area contributed by atoms with Gasteiger partial charge in [0.25, 0.3) is 5.91 Å². The maximum Gasteiger partial charge on any atom is 0.332 e. The second-order valence-corrected chi connectivity index (χ2v) is 11.3. The fourth-order valence-corrected chi connectivity index (χ4v) is 5.54. The van der Waals surface area contributed by atoms with Crippen LogP contribution in [0.2, 0.25) is 0 Å². The van der Waals surface area contributed by atoms with Gasteiger partial charge in [-0.1, -0.05) is 43.2 Å². The molecular weight excluding hydrogens is 592 g/mol. The van der Waals surface area contributed by atoms with E-state index in [0.717, 1.165) is 31.2 Å². The molecule has 1 saturated carbocycles. The van der Waals surface area contributed by atoms with E-state index in [4.69, 9.17) is 28.4 Å². The number of methoxy groups -OCH3 is 1. The summed E-state index contributed by atoms with van der Waals surface area (Å²) in [6.07, 6.45) is 5.33. The average molecular weight is 631 g/mol. The number of benzene rings is 1. The topological polar surface area (TPSA) is 149 Å². The van der Waals surface area contributed by atoms with Gasteiger partial charge in [0, 0.05) is 12.3 Å². The molecule has 1 aromatic heterocycles. The molecule has 0 radical (unpaired) electrons. The average Bonchev–Trinajstić information content (AvgIpc) is 3.58. The number of cyclic esters (lactones) is 2. The largest absolute Gasteiger partial charge is 0.493 e. The number of rotatable bonds is 12. The summed E-state index contributed by atoms with van der Waals surface area (Å²) >= 11 is 1.42. The molecule has 2 heterocycles. The lowest BCUT2D eigenvalue weighted by molar-refractivity contribution is -0.162. The predicted octanol–water partition coefficient (Wildman–Crippen LogP) is 3.31. The molecule has 1 N–H and O–H groups in total. The molecule has 2 fully saturated rings. The van der Waals surface area contributed by atoms with Gasteiger partial charge in [-0.3, -0.25) is 14.4 Å². The van der Waals surface area contributed by atoms with Gasteiger partial charge in [0.05, 0.1) is 24.9 Å². The monoisotopic (exact) mass is 630 g/mol. The third-order valence-corrected chi connectivity index (χ3v) is 7.89. The Morgan fingerprint density at radius 2 is 1.84 bits per heavy atom. The number of pyridine rings is 1. The van der Waals surface area contributed by atoms with Gasteiger partial charge in [0.15, 0.2) is 23.2 Å². The molecule has 0 bridgehead atoms. The van der Waals surface area contributed by atoms with Crippen LogP contribution in [0.15, 0.2) is 42.6 Å². The summed E-state index contributed by atoms with van der Waals surface area (Å²) in [6.45, 7) is 0.703. The normalized spacial score (nSPS) is 22.5. The number of nitrogens with zero attached hydrogens (tertiary/aromatic N) is 1. The highest BCUT2D eigenvalue weighted by molar-refractivity contribution is 7.98. The van der Waals surface area contributed by atoms with Crippen molar-refractivity contribution in [1.82, 2.24) is 10.3 Å². The van der Waals surface area contributed by atoms with Crippen molar-refractivity contribution in [3.8, 4) is 11.5 Å². The van der Waals surface area contributed by atoms with E-state index in [1.807, 2.05) is 36.6 Å². The lowest BCUT2D eigenvalue weighted by Gasteiger charge is -2.29. The van der Waals surface area contributed by atoms with Crippen LogP contribution in [0, 0.1) is 11.8 Å². The molecule has 1 aromatic carbocycles. The van der Waals surface area contributed by atoms with Crippen LogP contribution in [0.25, 0.3) is 0 Å². The summed E-state index contributed by atoms with van der Waals surface area (Å²) in [4.78, 5) is 56.5. The Morgan fingerprint density at radius 1 is 1.09 bits per heavy atom. The van der Waals surface area contributed by atoms with Crippen molar-refractivity contribution < 1.29 is 47.6 Å². The molecule has 0 spiro atoms. The number of ether oxygens (including phenoxy) is 6. The van der Waals surface area contributed by atoms with Crippen LogP contribution in [0.4, 0.5) is 0 Å². The second kappa shape index (κ2) is 16.3. The van der Waals surface area contributed by atoms with Crippen molar-refractivity contribution in [1.29, 1.82) is 0 Å². The van der Waals surface area contributed by atoms with E-state index in [-0.39, 0.29) is 35.0 Å². The molecule has 2 aliphatic rings. The fraction of sp³-hybridized carbons (Fsp3) is 0.516. The Labute approximate surface area is 260 Å². The van der Waals surface area contributed by atoms with Gasteiger partial charge in [-0.05, 0) is 38.0 Å². The first-order chi connectivity index (χ1) is 21.3. The van der Waals surface area contributed by atoms with Gasteiger partial charge in [0.2, 0.25) is 6.79 Å². The number of hydrogen-bond donors (Lipinski definition) is 1. The minimum absolute atomic E-state index is 0.0815. The zero-order valence-corrected chi connectivity index (χ0v) is 25.8. The first-order valence-electron chi connectivity index (χ1n) is 14.5. The van der Waals surface area contributed by atoms with Gasteiger partial charge < -0.3 is 33.7 Å². The quantitative estimate of drug-likeness (QED) is 0.208. The minimum atomic E-state index is -1.35. The first kappa shape index (κ1) is 33.1. The molecular formula is C31H38N2O10S. The van der Waals surface area contributed by atoms with Crippen LogP contribution in [0.1, 0.15) is 48.7 Å². The predicted molar refractivity (Wildman–Crippen MR) is 159 cm³/mol. The molecule has 4 rings (SSSR count). The molecule has 1 saturated heterocycles. The first-order valence-corrected chi connectivity index (χ1v) is 15.9. The molecule has 1 unspecified atom stereocenters.